The zero-order valence-electron chi connectivity index (χ0n) is 29.3. The van der Waals surface area contributed by atoms with Crippen LogP contribution in [0.4, 0.5) is 13.2 Å². The van der Waals surface area contributed by atoms with Gasteiger partial charge < -0.3 is 15.5 Å². The van der Waals surface area contributed by atoms with Crippen molar-refractivity contribution in [1.82, 2.24) is 20.3 Å². The summed E-state index contributed by atoms with van der Waals surface area (Å²) in [4.78, 5) is 42.2. The van der Waals surface area contributed by atoms with E-state index < -0.39 is 68.3 Å². The van der Waals surface area contributed by atoms with Crippen LogP contribution in [0.2, 0.25) is 0 Å². The Morgan fingerprint density at radius 1 is 0.896 bits per heavy atom. The van der Waals surface area contributed by atoms with Crippen LogP contribution in [0.3, 0.4) is 0 Å². The van der Waals surface area contributed by atoms with Crippen LogP contribution in [0.15, 0.2) is 66.2 Å². The van der Waals surface area contributed by atoms with Crippen molar-refractivity contribution >= 4 is 27.7 Å². The molecule has 0 spiro atoms. The maximum absolute atomic E-state index is 14.1. The summed E-state index contributed by atoms with van der Waals surface area (Å²) in [6.45, 7) is 14.4. The summed E-state index contributed by atoms with van der Waals surface area (Å²) in [7, 11) is -1.13. The Balaban J connectivity index is 2.29. The topological polar surface area (TPSA) is 125 Å². The number of nitrogens with zero attached hydrogens (tertiary/aromatic N) is 1. The number of benzene rings is 2. The summed E-state index contributed by atoms with van der Waals surface area (Å²) >= 11 is 0. The van der Waals surface area contributed by atoms with E-state index in [1.807, 2.05) is 83.5 Å². The number of halogens is 3. The molecule has 3 N–H and O–H groups in total. The third-order valence-corrected chi connectivity index (χ3v) is 9.52. The first kappa shape index (κ1) is 40.5. The molecule has 0 fully saturated rings. The molecule has 0 aromatic heterocycles. The molecule has 0 saturated heterocycles. The highest BCUT2D eigenvalue weighted by molar-refractivity contribution is 7.89. The number of likely N-dealkylation sites (N-methyl/N-ethyl adjacent to an activating group) is 2. The van der Waals surface area contributed by atoms with Gasteiger partial charge in [0.15, 0.2) is 0 Å². The first-order valence-corrected chi connectivity index (χ1v) is 17.3. The highest BCUT2D eigenvalue weighted by atomic mass is 32.2. The van der Waals surface area contributed by atoms with Crippen LogP contribution < -0.4 is 15.4 Å². The van der Waals surface area contributed by atoms with Crippen molar-refractivity contribution in [3.63, 3.8) is 0 Å². The number of alkyl halides is 3. The molecule has 2 aromatic carbocycles. The van der Waals surface area contributed by atoms with Gasteiger partial charge in [0.2, 0.25) is 21.8 Å². The lowest BCUT2D eigenvalue weighted by molar-refractivity contribution is -0.141. The highest BCUT2D eigenvalue weighted by Crippen LogP contribution is 2.31. The quantitative estimate of drug-likeness (QED) is 0.249. The number of sulfonamides is 1. The molecule has 0 heterocycles. The predicted octanol–water partition coefficient (Wildman–Crippen LogP) is 5.18. The zero-order chi connectivity index (χ0) is 36.8. The van der Waals surface area contributed by atoms with Crippen LogP contribution in [0.1, 0.15) is 72.1 Å². The molecular weight excluding hydrogens is 645 g/mol. The molecule has 3 atom stereocenters. The van der Waals surface area contributed by atoms with Crippen LogP contribution in [0, 0.1) is 11.3 Å². The number of hydrogen-bond acceptors (Lipinski definition) is 6. The van der Waals surface area contributed by atoms with Crippen LogP contribution >= 0.6 is 0 Å². The minimum atomic E-state index is -4.65. The van der Waals surface area contributed by atoms with Gasteiger partial charge in [-0.05, 0) is 42.5 Å². The first-order valence-electron chi connectivity index (χ1n) is 15.6. The Labute approximate surface area is 282 Å². The van der Waals surface area contributed by atoms with Crippen LogP contribution in [-0.2, 0) is 41.8 Å². The average molecular weight is 695 g/mol. The van der Waals surface area contributed by atoms with Gasteiger partial charge in [0.25, 0.3) is 5.91 Å². The fourth-order valence-corrected chi connectivity index (χ4v) is 6.61. The lowest BCUT2D eigenvalue weighted by Crippen LogP contribution is -2.61. The number of hydrogen-bond donors (Lipinski definition) is 3. The summed E-state index contributed by atoms with van der Waals surface area (Å²) in [5.41, 5.74) is -1.57. The standard InChI is InChI=1S/C35H49F3N4O5S/c1-22(2)27(19-23(3)30(43)41-48(46,47)21-24-15-14-18-26(20-24)35(36,37)38)42(10)32(45)29(33(4,5)6)40-31(44)28(39-9)34(7,8)25-16-12-11-13-17-25/h11-20,22,27-29,39H,21H2,1-10H3,(H,40,44)(H,41,43)/t27-,28-,29-/m1/s1. The van der Waals surface area contributed by atoms with E-state index in [2.05, 4.69) is 10.6 Å². The minimum Gasteiger partial charge on any atom is -0.342 e. The molecule has 2 rings (SSSR count). The Hall–Kier alpha value is -3.71. The highest BCUT2D eigenvalue weighted by Gasteiger charge is 2.41. The van der Waals surface area contributed by atoms with E-state index in [9.17, 15) is 36.0 Å². The van der Waals surface area contributed by atoms with E-state index in [1.54, 1.807) is 14.1 Å². The van der Waals surface area contributed by atoms with Crippen molar-refractivity contribution < 1.29 is 36.0 Å². The SMILES string of the molecule is CN[C@H](C(=O)N[C@H](C(=O)N(C)[C@H](C=C(C)C(=O)NS(=O)(=O)Cc1cccc(C(F)(F)F)c1)C(C)C)C(C)(C)C)C(C)(C)c1ccccc1. The molecule has 2 aromatic rings. The summed E-state index contributed by atoms with van der Waals surface area (Å²) in [6, 6.07) is 11.1. The number of carbonyl (C=O) groups excluding carboxylic acids is 3. The van der Waals surface area contributed by atoms with Gasteiger partial charge in [0.05, 0.1) is 23.4 Å². The lowest BCUT2D eigenvalue weighted by Gasteiger charge is -2.40. The molecule has 0 unspecified atom stereocenters. The van der Waals surface area contributed by atoms with Gasteiger partial charge in [-0.3, -0.25) is 14.4 Å². The zero-order valence-corrected chi connectivity index (χ0v) is 30.1. The number of amides is 3. The monoisotopic (exact) mass is 694 g/mol. The second kappa shape index (κ2) is 15.7. The van der Waals surface area contributed by atoms with Crippen molar-refractivity contribution in [3.05, 3.63) is 82.9 Å². The Morgan fingerprint density at radius 3 is 1.96 bits per heavy atom. The van der Waals surface area contributed by atoms with E-state index in [-0.39, 0.29) is 23.0 Å². The number of rotatable bonds is 13. The van der Waals surface area contributed by atoms with E-state index >= 15 is 0 Å². The Kier molecular flexibility index (Phi) is 13.2. The summed E-state index contributed by atoms with van der Waals surface area (Å²) in [5.74, 6) is -2.84. The van der Waals surface area contributed by atoms with Crippen molar-refractivity contribution in [2.45, 2.75) is 90.9 Å². The Morgan fingerprint density at radius 2 is 1.46 bits per heavy atom. The van der Waals surface area contributed by atoms with E-state index in [1.165, 1.54) is 24.0 Å². The van der Waals surface area contributed by atoms with Crippen LogP contribution in [0.5, 0.6) is 0 Å². The molecular formula is C35H49F3N4O5S. The molecule has 13 heteroatoms. The largest absolute Gasteiger partial charge is 0.416 e. The maximum atomic E-state index is 14.1. The number of carbonyl (C=O) groups is 3. The second-order valence-corrected chi connectivity index (χ2v) is 15.8. The minimum absolute atomic E-state index is 0.0165. The van der Waals surface area contributed by atoms with Crippen molar-refractivity contribution in [1.29, 1.82) is 0 Å². The van der Waals surface area contributed by atoms with E-state index in [0.717, 1.165) is 17.7 Å². The fraction of sp³-hybridized carbons (Fsp3) is 0.514. The van der Waals surface area contributed by atoms with Gasteiger partial charge in [-0.15, -0.1) is 0 Å². The number of nitrogens with one attached hydrogen (secondary N) is 3. The van der Waals surface area contributed by atoms with Gasteiger partial charge in [-0.2, -0.15) is 13.2 Å². The molecule has 3 amide bonds. The summed E-state index contributed by atoms with van der Waals surface area (Å²) in [5, 5.41) is 6.06. The normalized spacial score (nSPS) is 15.0. The second-order valence-electron chi connectivity index (χ2n) is 14.0. The van der Waals surface area contributed by atoms with Gasteiger partial charge in [-0.25, -0.2) is 13.1 Å². The smallest absolute Gasteiger partial charge is 0.342 e. The van der Waals surface area contributed by atoms with E-state index in [0.29, 0.717) is 6.07 Å². The molecule has 9 nitrogen and oxygen atoms in total. The predicted molar refractivity (Wildman–Crippen MR) is 181 cm³/mol. The third-order valence-electron chi connectivity index (χ3n) is 8.31. The van der Waals surface area contributed by atoms with Crippen LogP contribution in [0.25, 0.3) is 0 Å². The molecule has 0 aliphatic rings. The average Bonchev–Trinajstić information content (AvgIpc) is 2.97. The van der Waals surface area contributed by atoms with E-state index in [4.69, 9.17) is 0 Å². The molecule has 0 bridgehead atoms. The van der Waals surface area contributed by atoms with Crippen molar-refractivity contribution in [2.24, 2.45) is 11.3 Å². The van der Waals surface area contributed by atoms with Gasteiger partial charge >= 0.3 is 6.18 Å². The van der Waals surface area contributed by atoms with Gasteiger partial charge in [0, 0.05) is 18.0 Å². The van der Waals surface area contributed by atoms with Crippen molar-refractivity contribution in [3.8, 4) is 0 Å². The fourth-order valence-electron chi connectivity index (χ4n) is 5.48. The third kappa shape index (κ3) is 10.6. The lowest BCUT2D eigenvalue weighted by atomic mass is 9.76. The molecule has 0 aliphatic heterocycles. The molecule has 0 saturated carbocycles. The summed E-state index contributed by atoms with van der Waals surface area (Å²) < 4.78 is 66.6. The Bertz CT molecular complexity index is 1580. The molecule has 48 heavy (non-hydrogen) atoms. The van der Waals surface area contributed by atoms with Gasteiger partial charge in [-0.1, -0.05) is 103 Å². The summed E-state index contributed by atoms with van der Waals surface area (Å²) in [6.07, 6.45) is -3.19. The molecule has 266 valence electrons. The molecule has 0 radical (unpaired) electrons. The van der Waals surface area contributed by atoms with Crippen LogP contribution in [-0.4, -0.2) is 63.3 Å². The van der Waals surface area contributed by atoms with Gasteiger partial charge in [0.1, 0.15) is 6.04 Å². The van der Waals surface area contributed by atoms with Crippen molar-refractivity contribution in [2.75, 3.05) is 14.1 Å². The molecule has 0 aliphatic carbocycles. The maximum Gasteiger partial charge on any atom is 0.416 e. The first-order chi connectivity index (χ1) is 21.9.